The summed E-state index contributed by atoms with van der Waals surface area (Å²) in [6.07, 6.45) is 0.820. The lowest BCUT2D eigenvalue weighted by Gasteiger charge is -2.07. The van der Waals surface area contributed by atoms with Gasteiger partial charge in [0.2, 0.25) is 0 Å². The van der Waals surface area contributed by atoms with Gasteiger partial charge in [0.05, 0.1) is 16.3 Å². The van der Waals surface area contributed by atoms with Crippen molar-refractivity contribution in [3.63, 3.8) is 0 Å². The molecule has 0 aromatic heterocycles. The average molecular weight is 271 g/mol. The molecule has 0 saturated heterocycles. The number of hydrogen-bond acceptors (Lipinski definition) is 4. The number of halogens is 1. The smallest absolute Gasteiger partial charge is 0.340 e. The SMILES string of the molecule is CCCNC(=O)COC(=O)c1cccc(N)c1Cl. The second-order valence-electron chi connectivity index (χ2n) is 3.63. The number of rotatable bonds is 5. The largest absolute Gasteiger partial charge is 0.452 e. The molecule has 0 aliphatic rings. The second kappa shape index (κ2) is 6.86. The molecule has 1 aromatic rings. The number of hydrogen-bond donors (Lipinski definition) is 2. The molecule has 0 aliphatic heterocycles. The van der Waals surface area contributed by atoms with Gasteiger partial charge < -0.3 is 15.8 Å². The highest BCUT2D eigenvalue weighted by molar-refractivity contribution is 6.36. The maximum absolute atomic E-state index is 11.7. The van der Waals surface area contributed by atoms with E-state index in [9.17, 15) is 9.59 Å². The van der Waals surface area contributed by atoms with E-state index in [1.807, 2.05) is 6.92 Å². The molecule has 3 N–H and O–H groups in total. The lowest BCUT2D eigenvalue weighted by molar-refractivity contribution is -0.124. The lowest BCUT2D eigenvalue weighted by atomic mass is 10.2. The van der Waals surface area contributed by atoms with Crippen LogP contribution < -0.4 is 11.1 Å². The Morgan fingerprint density at radius 2 is 2.17 bits per heavy atom. The molecule has 1 amide bonds. The molecule has 0 spiro atoms. The van der Waals surface area contributed by atoms with Gasteiger partial charge >= 0.3 is 5.97 Å². The number of esters is 1. The molecule has 0 unspecified atom stereocenters. The Bertz CT molecular complexity index is 449. The summed E-state index contributed by atoms with van der Waals surface area (Å²) in [4.78, 5) is 22.9. The second-order valence-corrected chi connectivity index (χ2v) is 4.01. The van der Waals surface area contributed by atoms with E-state index in [-0.39, 0.29) is 23.1 Å². The van der Waals surface area contributed by atoms with Crippen LogP contribution >= 0.6 is 11.6 Å². The molecular formula is C12H15ClN2O3. The van der Waals surface area contributed by atoms with Crippen LogP contribution in [0.1, 0.15) is 23.7 Å². The van der Waals surface area contributed by atoms with Crippen LogP contribution in [0.4, 0.5) is 5.69 Å². The summed E-state index contributed by atoms with van der Waals surface area (Å²) >= 11 is 5.86. The van der Waals surface area contributed by atoms with Crippen molar-refractivity contribution in [3.05, 3.63) is 28.8 Å². The maximum Gasteiger partial charge on any atom is 0.340 e. The first-order valence-corrected chi connectivity index (χ1v) is 5.91. The van der Waals surface area contributed by atoms with Crippen LogP contribution in [0, 0.1) is 0 Å². The number of carbonyl (C=O) groups excluding carboxylic acids is 2. The molecule has 0 fully saturated rings. The first kappa shape index (κ1) is 14.3. The van der Waals surface area contributed by atoms with Crippen molar-refractivity contribution in [1.29, 1.82) is 0 Å². The highest BCUT2D eigenvalue weighted by Crippen LogP contribution is 2.23. The van der Waals surface area contributed by atoms with Gasteiger partial charge in [0.15, 0.2) is 6.61 Å². The van der Waals surface area contributed by atoms with Gasteiger partial charge in [-0.25, -0.2) is 4.79 Å². The highest BCUT2D eigenvalue weighted by atomic mass is 35.5. The van der Waals surface area contributed by atoms with E-state index in [0.717, 1.165) is 6.42 Å². The first-order chi connectivity index (χ1) is 8.56. The van der Waals surface area contributed by atoms with E-state index < -0.39 is 5.97 Å². The normalized spacial score (nSPS) is 9.89. The summed E-state index contributed by atoms with van der Waals surface area (Å²) in [6.45, 7) is 2.15. The van der Waals surface area contributed by atoms with E-state index in [0.29, 0.717) is 12.2 Å². The molecule has 0 bridgehead atoms. The third-order valence-corrected chi connectivity index (χ3v) is 2.58. The van der Waals surface area contributed by atoms with Crippen molar-refractivity contribution < 1.29 is 14.3 Å². The molecule has 0 aliphatic carbocycles. The molecule has 6 heteroatoms. The van der Waals surface area contributed by atoms with Crippen LogP contribution in [-0.2, 0) is 9.53 Å². The molecule has 98 valence electrons. The zero-order valence-corrected chi connectivity index (χ0v) is 10.8. The van der Waals surface area contributed by atoms with Gasteiger partial charge in [0.25, 0.3) is 5.91 Å². The Morgan fingerprint density at radius 3 is 2.83 bits per heavy atom. The fraction of sp³-hybridized carbons (Fsp3) is 0.333. The van der Waals surface area contributed by atoms with Crippen LogP contribution in [0.2, 0.25) is 5.02 Å². The monoisotopic (exact) mass is 270 g/mol. The fourth-order valence-electron chi connectivity index (χ4n) is 1.23. The van der Waals surface area contributed by atoms with Crippen LogP contribution in [-0.4, -0.2) is 25.0 Å². The first-order valence-electron chi connectivity index (χ1n) is 5.54. The molecule has 0 atom stereocenters. The maximum atomic E-state index is 11.7. The Balaban J connectivity index is 2.55. The molecule has 0 radical (unpaired) electrons. The number of nitrogens with two attached hydrogens (primary N) is 1. The average Bonchev–Trinajstić information content (AvgIpc) is 2.36. The van der Waals surface area contributed by atoms with Crippen molar-refractivity contribution in [2.75, 3.05) is 18.9 Å². The number of amides is 1. The Morgan fingerprint density at radius 1 is 1.44 bits per heavy atom. The predicted molar refractivity (Wildman–Crippen MR) is 69.4 cm³/mol. The summed E-state index contributed by atoms with van der Waals surface area (Å²) in [5.41, 5.74) is 6.01. The third kappa shape index (κ3) is 3.92. The third-order valence-electron chi connectivity index (χ3n) is 2.16. The number of benzene rings is 1. The van der Waals surface area contributed by atoms with Crippen molar-refractivity contribution in [3.8, 4) is 0 Å². The summed E-state index contributed by atoms with van der Waals surface area (Å²) in [6, 6.07) is 4.66. The fourth-order valence-corrected chi connectivity index (χ4v) is 1.43. The van der Waals surface area contributed by atoms with Gasteiger partial charge in [-0.1, -0.05) is 24.6 Å². The van der Waals surface area contributed by atoms with Gasteiger partial charge in [0.1, 0.15) is 0 Å². The standard InChI is InChI=1S/C12H15ClN2O3/c1-2-6-15-10(16)7-18-12(17)8-4-3-5-9(14)11(8)13/h3-5H,2,6-7,14H2,1H3,(H,15,16). The quantitative estimate of drug-likeness (QED) is 0.629. The lowest BCUT2D eigenvalue weighted by Crippen LogP contribution is -2.29. The van der Waals surface area contributed by atoms with Gasteiger partial charge in [0, 0.05) is 6.54 Å². The molecule has 18 heavy (non-hydrogen) atoms. The molecule has 5 nitrogen and oxygen atoms in total. The zero-order valence-electron chi connectivity index (χ0n) is 10.0. The summed E-state index contributed by atoms with van der Waals surface area (Å²) < 4.78 is 4.83. The number of nitrogens with one attached hydrogen (secondary N) is 1. The van der Waals surface area contributed by atoms with Gasteiger partial charge in [-0.15, -0.1) is 0 Å². The van der Waals surface area contributed by atoms with E-state index in [1.54, 1.807) is 12.1 Å². The number of carbonyl (C=O) groups is 2. The molecule has 1 aromatic carbocycles. The molecular weight excluding hydrogens is 256 g/mol. The van der Waals surface area contributed by atoms with E-state index >= 15 is 0 Å². The van der Waals surface area contributed by atoms with Gasteiger partial charge in [-0.3, -0.25) is 4.79 Å². The minimum absolute atomic E-state index is 0.136. The molecule has 0 saturated carbocycles. The number of ether oxygens (including phenoxy) is 1. The van der Waals surface area contributed by atoms with Gasteiger partial charge in [-0.2, -0.15) is 0 Å². The predicted octanol–water partition coefficient (Wildman–Crippen LogP) is 1.61. The molecule has 1 rings (SSSR count). The Labute approximate surface area is 110 Å². The van der Waals surface area contributed by atoms with E-state index in [2.05, 4.69) is 5.32 Å². The summed E-state index contributed by atoms with van der Waals surface area (Å²) in [5.74, 6) is -1.01. The van der Waals surface area contributed by atoms with Crippen molar-refractivity contribution in [2.45, 2.75) is 13.3 Å². The van der Waals surface area contributed by atoms with Crippen LogP contribution in [0.25, 0.3) is 0 Å². The summed E-state index contributed by atoms with van der Waals surface area (Å²) in [7, 11) is 0. The van der Waals surface area contributed by atoms with Crippen molar-refractivity contribution in [2.24, 2.45) is 0 Å². The topological polar surface area (TPSA) is 81.4 Å². The Kier molecular flexibility index (Phi) is 5.45. The minimum Gasteiger partial charge on any atom is -0.452 e. The Hall–Kier alpha value is -1.75. The highest BCUT2D eigenvalue weighted by Gasteiger charge is 2.14. The minimum atomic E-state index is -0.668. The number of anilines is 1. The zero-order chi connectivity index (χ0) is 13.5. The van der Waals surface area contributed by atoms with Crippen molar-refractivity contribution >= 4 is 29.2 Å². The van der Waals surface area contributed by atoms with Crippen LogP contribution in [0.15, 0.2) is 18.2 Å². The van der Waals surface area contributed by atoms with Crippen molar-refractivity contribution in [1.82, 2.24) is 5.32 Å². The number of nitrogen functional groups attached to an aromatic ring is 1. The van der Waals surface area contributed by atoms with Crippen LogP contribution in [0.3, 0.4) is 0 Å². The van der Waals surface area contributed by atoms with E-state index in [1.165, 1.54) is 6.07 Å². The summed E-state index contributed by atoms with van der Waals surface area (Å²) in [5, 5.41) is 2.73. The van der Waals surface area contributed by atoms with E-state index in [4.69, 9.17) is 22.1 Å². The van der Waals surface area contributed by atoms with Gasteiger partial charge in [-0.05, 0) is 18.6 Å². The van der Waals surface area contributed by atoms with Crippen LogP contribution in [0.5, 0.6) is 0 Å². The molecule has 0 heterocycles.